The minimum absolute atomic E-state index is 0.0169. The average Bonchev–Trinajstić information content (AvgIpc) is 2.61. The van der Waals surface area contributed by atoms with Gasteiger partial charge in [-0.2, -0.15) is 0 Å². The molecule has 1 unspecified atom stereocenters. The van der Waals surface area contributed by atoms with Gasteiger partial charge in [0.1, 0.15) is 12.4 Å². The normalized spacial score (nSPS) is 12.0. The van der Waals surface area contributed by atoms with E-state index in [0.717, 1.165) is 23.3 Å². The molecule has 6 heteroatoms. The number of likely N-dealkylation sites (N-methyl/N-ethyl adjacent to an activating group) is 1. The van der Waals surface area contributed by atoms with Gasteiger partial charge < -0.3 is 14.9 Å². The summed E-state index contributed by atoms with van der Waals surface area (Å²) in [5.41, 5.74) is 2.25. The molecule has 6 nitrogen and oxygen atoms in total. The van der Waals surface area contributed by atoms with Crippen molar-refractivity contribution in [1.29, 1.82) is 0 Å². The molecular weight excluding hydrogens is 334 g/mol. The van der Waals surface area contributed by atoms with Gasteiger partial charge in [0.05, 0.1) is 12.1 Å². The van der Waals surface area contributed by atoms with E-state index < -0.39 is 11.9 Å². The van der Waals surface area contributed by atoms with Crippen molar-refractivity contribution in [2.45, 2.75) is 26.0 Å². The number of aliphatic carboxylic acids is 1. The van der Waals surface area contributed by atoms with Crippen LogP contribution in [0.2, 0.25) is 0 Å². The molecule has 0 bridgehead atoms. The summed E-state index contributed by atoms with van der Waals surface area (Å²) in [6, 6.07) is 14.4. The van der Waals surface area contributed by atoms with Gasteiger partial charge in [0, 0.05) is 6.04 Å². The first kappa shape index (κ1) is 19.5. The van der Waals surface area contributed by atoms with Crippen molar-refractivity contribution in [2.24, 2.45) is 0 Å². The van der Waals surface area contributed by atoms with Crippen molar-refractivity contribution in [1.82, 2.24) is 4.90 Å². The zero-order chi connectivity index (χ0) is 19.1. The van der Waals surface area contributed by atoms with Gasteiger partial charge in [-0.3, -0.25) is 9.69 Å². The second kappa shape index (κ2) is 9.01. The Kier molecular flexibility index (Phi) is 6.74. The zero-order valence-corrected chi connectivity index (χ0v) is 14.9. The van der Waals surface area contributed by atoms with E-state index in [1.54, 1.807) is 36.2 Å². The van der Waals surface area contributed by atoms with Crippen molar-refractivity contribution in [2.75, 3.05) is 13.6 Å². The van der Waals surface area contributed by atoms with Crippen molar-refractivity contribution >= 4 is 11.9 Å². The SMILES string of the molecule is CC(Cc1ccc(OCc2ccc(C(=O)O)cc2)cc1)N(C)CC(=O)O. The van der Waals surface area contributed by atoms with Gasteiger partial charge in [-0.15, -0.1) is 0 Å². The van der Waals surface area contributed by atoms with Gasteiger partial charge in [0.25, 0.3) is 0 Å². The Bertz CT molecular complexity index is 740. The van der Waals surface area contributed by atoms with E-state index >= 15 is 0 Å². The molecule has 2 rings (SSSR count). The molecule has 26 heavy (non-hydrogen) atoms. The van der Waals surface area contributed by atoms with Gasteiger partial charge in [-0.1, -0.05) is 24.3 Å². The molecule has 2 aromatic rings. The van der Waals surface area contributed by atoms with E-state index in [9.17, 15) is 9.59 Å². The lowest BCUT2D eigenvalue weighted by Crippen LogP contribution is -2.35. The summed E-state index contributed by atoms with van der Waals surface area (Å²) in [6.07, 6.45) is 0.751. The predicted octanol–water partition coefficient (Wildman–Crippen LogP) is 2.91. The van der Waals surface area contributed by atoms with Crippen LogP contribution in [0, 0.1) is 0 Å². The standard InChI is InChI=1S/C20H23NO5/c1-14(21(2)12-19(22)23)11-15-5-9-18(10-6-15)26-13-16-3-7-17(8-4-16)20(24)25/h3-10,14H,11-13H2,1-2H3,(H,22,23)(H,24,25). The van der Waals surface area contributed by atoms with Crippen molar-refractivity contribution in [3.63, 3.8) is 0 Å². The van der Waals surface area contributed by atoms with E-state index in [1.165, 1.54) is 0 Å². The van der Waals surface area contributed by atoms with Crippen LogP contribution in [0.4, 0.5) is 0 Å². The second-order valence-electron chi connectivity index (χ2n) is 6.30. The molecule has 138 valence electrons. The van der Waals surface area contributed by atoms with Crippen LogP contribution in [-0.4, -0.2) is 46.7 Å². The first-order valence-corrected chi connectivity index (χ1v) is 8.31. The molecule has 0 heterocycles. The van der Waals surface area contributed by atoms with E-state index in [2.05, 4.69) is 0 Å². The van der Waals surface area contributed by atoms with Crippen LogP contribution in [0.5, 0.6) is 5.75 Å². The Hall–Kier alpha value is -2.86. The fraction of sp³-hybridized carbons (Fsp3) is 0.300. The molecule has 0 fully saturated rings. The van der Waals surface area contributed by atoms with Gasteiger partial charge >= 0.3 is 11.9 Å². The van der Waals surface area contributed by atoms with Gasteiger partial charge in [0.15, 0.2) is 0 Å². The molecular formula is C20H23NO5. The van der Waals surface area contributed by atoms with E-state index in [4.69, 9.17) is 14.9 Å². The highest BCUT2D eigenvalue weighted by molar-refractivity contribution is 5.87. The Morgan fingerprint density at radius 2 is 1.58 bits per heavy atom. The number of benzene rings is 2. The number of hydrogen-bond acceptors (Lipinski definition) is 4. The smallest absolute Gasteiger partial charge is 0.335 e. The third-order valence-corrected chi connectivity index (χ3v) is 4.20. The number of carbonyl (C=O) groups is 2. The molecule has 1 atom stereocenters. The second-order valence-corrected chi connectivity index (χ2v) is 6.30. The lowest BCUT2D eigenvalue weighted by atomic mass is 10.1. The summed E-state index contributed by atoms with van der Waals surface area (Å²) >= 11 is 0. The van der Waals surface area contributed by atoms with Crippen LogP contribution in [0.25, 0.3) is 0 Å². The molecule has 0 saturated heterocycles. The summed E-state index contributed by atoms with van der Waals surface area (Å²) in [7, 11) is 1.80. The molecule has 0 aliphatic heterocycles. The number of carboxylic acid groups (broad SMARTS) is 2. The number of hydrogen-bond donors (Lipinski definition) is 2. The third-order valence-electron chi connectivity index (χ3n) is 4.20. The Morgan fingerprint density at radius 3 is 2.12 bits per heavy atom. The third kappa shape index (κ3) is 5.89. The number of carboxylic acids is 2. The summed E-state index contributed by atoms with van der Waals surface area (Å²) in [5, 5.41) is 17.7. The first-order chi connectivity index (χ1) is 12.3. The van der Waals surface area contributed by atoms with Gasteiger partial charge in [-0.05, 0) is 55.8 Å². The monoisotopic (exact) mass is 357 g/mol. The van der Waals surface area contributed by atoms with E-state index in [0.29, 0.717) is 6.61 Å². The highest BCUT2D eigenvalue weighted by atomic mass is 16.5. The molecule has 2 aromatic carbocycles. The summed E-state index contributed by atoms with van der Waals surface area (Å²) < 4.78 is 5.72. The maximum absolute atomic E-state index is 10.8. The molecule has 0 radical (unpaired) electrons. The van der Waals surface area contributed by atoms with E-state index in [1.807, 2.05) is 31.2 Å². The highest BCUT2D eigenvalue weighted by Gasteiger charge is 2.13. The number of ether oxygens (including phenoxy) is 1. The minimum Gasteiger partial charge on any atom is -0.489 e. The van der Waals surface area contributed by atoms with Crippen molar-refractivity contribution in [3.05, 3.63) is 65.2 Å². The molecule has 0 amide bonds. The van der Waals surface area contributed by atoms with Crippen LogP contribution in [0.15, 0.2) is 48.5 Å². The fourth-order valence-corrected chi connectivity index (χ4v) is 2.50. The quantitative estimate of drug-likeness (QED) is 0.717. The van der Waals surface area contributed by atoms with Crippen LogP contribution < -0.4 is 4.74 Å². The maximum Gasteiger partial charge on any atom is 0.335 e. The maximum atomic E-state index is 10.8. The largest absolute Gasteiger partial charge is 0.489 e. The van der Waals surface area contributed by atoms with E-state index in [-0.39, 0.29) is 18.2 Å². The molecule has 0 aliphatic carbocycles. The lowest BCUT2D eigenvalue weighted by molar-refractivity contribution is -0.138. The minimum atomic E-state index is -0.948. The summed E-state index contributed by atoms with van der Waals surface area (Å²) in [4.78, 5) is 23.4. The highest BCUT2D eigenvalue weighted by Crippen LogP contribution is 2.16. The zero-order valence-electron chi connectivity index (χ0n) is 14.9. The fourth-order valence-electron chi connectivity index (χ4n) is 2.50. The molecule has 0 aromatic heterocycles. The summed E-state index contributed by atoms with van der Waals surface area (Å²) in [5.74, 6) is -1.06. The molecule has 2 N–H and O–H groups in total. The number of nitrogens with zero attached hydrogens (tertiary/aromatic N) is 1. The van der Waals surface area contributed by atoms with Crippen molar-refractivity contribution < 1.29 is 24.5 Å². The number of rotatable bonds is 9. The average molecular weight is 357 g/mol. The molecule has 0 saturated carbocycles. The number of aromatic carboxylic acids is 1. The molecule has 0 aliphatic rings. The topological polar surface area (TPSA) is 87.1 Å². The predicted molar refractivity (Wildman–Crippen MR) is 97.6 cm³/mol. The lowest BCUT2D eigenvalue weighted by Gasteiger charge is -2.22. The van der Waals surface area contributed by atoms with Crippen LogP contribution in [0.1, 0.15) is 28.4 Å². The first-order valence-electron chi connectivity index (χ1n) is 8.31. The van der Waals surface area contributed by atoms with Gasteiger partial charge in [0.2, 0.25) is 0 Å². The molecule has 0 spiro atoms. The Balaban J connectivity index is 1.87. The Morgan fingerprint density at radius 1 is 1.00 bits per heavy atom. The summed E-state index contributed by atoms with van der Waals surface area (Å²) in [6.45, 7) is 2.37. The Labute approximate surface area is 152 Å². The van der Waals surface area contributed by atoms with Crippen molar-refractivity contribution in [3.8, 4) is 5.75 Å². The van der Waals surface area contributed by atoms with Crippen LogP contribution >= 0.6 is 0 Å². The van der Waals surface area contributed by atoms with Crippen LogP contribution in [-0.2, 0) is 17.8 Å². The van der Waals surface area contributed by atoms with Gasteiger partial charge in [-0.25, -0.2) is 4.79 Å². The van der Waals surface area contributed by atoms with Crippen LogP contribution in [0.3, 0.4) is 0 Å².